The van der Waals surface area contributed by atoms with Gasteiger partial charge in [0.2, 0.25) is 0 Å². The topological polar surface area (TPSA) is 76.1 Å². The number of rotatable bonds is 40. The molecule has 8 heteroatoms. The monoisotopic (exact) mass is 781 g/mol. The normalized spacial score (nSPS) is 12.1. The second kappa shape index (κ2) is 41.1. The molecule has 0 aromatic heterocycles. The Morgan fingerprint density at radius 2 is 1.00 bits per heavy atom. The molecule has 0 saturated carbocycles. The average molecular weight is 781 g/mol. The number of hydrogen-bond donors (Lipinski definition) is 0. The first kappa shape index (κ1) is 52.5. The number of esters is 2. The highest BCUT2D eigenvalue weighted by Crippen LogP contribution is 2.19. The van der Waals surface area contributed by atoms with Gasteiger partial charge < -0.3 is 19.3 Å². The molecule has 1 unspecified atom stereocenters. The van der Waals surface area contributed by atoms with Gasteiger partial charge in [0.05, 0.1) is 0 Å². The van der Waals surface area contributed by atoms with E-state index in [0.717, 1.165) is 115 Å². The Morgan fingerprint density at radius 3 is 1.54 bits per heavy atom. The summed E-state index contributed by atoms with van der Waals surface area (Å²) in [5.41, 5.74) is 0. The van der Waals surface area contributed by atoms with E-state index in [9.17, 15) is 14.4 Å². The Balaban J connectivity index is 4.36. The van der Waals surface area contributed by atoms with Crippen molar-refractivity contribution < 1.29 is 23.9 Å². The van der Waals surface area contributed by atoms with Crippen LogP contribution in [0.1, 0.15) is 213 Å². The molecular weight excluding hydrogens is 693 g/mol. The summed E-state index contributed by atoms with van der Waals surface area (Å²) in [5.74, 6) is 0.692. The second-order valence-electron chi connectivity index (χ2n) is 15.8. The Labute approximate surface area is 339 Å². The molecule has 0 spiro atoms. The molecule has 54 heavy (non-hydrogen) atoms. The number of allylic oxidation sites excluding steroid dienone is 1. The van der Waals surface area contributed by atoms with Crippen LogP contribution in [0.4, 0.5) is 4.79 Å². The van der Waals surface area contributed by atoms with Gasteiger partial charge in [0.1, 0.15) is 12.7 Å². The summed E-state index contributed by atoms with van der Waals surface area (Å²) in [4.78, 5) is 42.0. The van der Waals surface area contributed by atoms with Gasteiger partial charge in [-0.2, -0.15) is 0 Å². The van der Waals surface area contributed by atoms with Gasteiger partial charge in [-0.1, -0.05) is 160 Å². The lowest BCUT2D eigenvalue weighted by Gasteiger charge is -2.22. The van der Waals surface area contributed by atoms with Gasteiger partial charge in [-0.25, -0.2) is 0 Å². The molecule has 0 aliphatic rings. The molecule has 7 nitrogen and oxygen atoms in total. The molecule has 0 rings (SSSR count). The Morgan fingerprint density at radius 1 is 0.537 bits per heavy atom. The van der Waals surface area contributed by atoms with E-state index in [1.54, 1.807) is 0 Å². The van der Waals surface area contributed by atoms with Crippen LogP contribution < -0.4 is 0 Å². The van der Waals surface area contributed by atoms with Crippen molar-refractivity contribution in [1.82, 2.24) is 9.80 Å². The van der Waals surface area contributed by atoms with Crippen molar-refractivity contribution in [2.75, 3.05) is 46.1 Å². The summed E-state index contributed by atoms with van der Waals surface area (Å²) >= 11 is 1.44. The minimum atomic E-state index is -0.104. The van der Waals surface area contributed by atoms with Gasteiger partial charge in [0, 0.05) is 38.2 Å². The van der Waals surface area contributed by atoms with Gasteiger partial charge in [-0.3, -0.25) is 14.4 Å². The SMILES string of the molecule is CCCCCC/C=C\COC(=O)CCCCCCCN(CCCCCCCC(=O)OC(CCCCCCC)CCCCCCCC)C(=O)SCCN(C)C. The lowest BCUT2D eigenvalue weighted by Crippen LogP contribution is -2.30. The molecule has 0 aromatic carbocycles. The molecule has 0 aromatic rings. The van der Waals surface area contributed by atoms with E-state index < -0.39 is 0 Å². The van der Waals surface area contributed by atoms with E-state index in [0.29, 0.717) is 19.4 Å². The van der Waals surface area contributed by atoms with Crippen molar-refractivity contribution in [3.63, 3.8) is 0 Å². The third kappa shape index (κ3) is 37.4. The van der Waals surface area contributed by atoms with Crippen LogP contribution >= 0.6 is 11.8 Å². The smallest absolute Gasteiger partial charge is 0.306 e. The largest absolute Gasteiger partial charge is 0.462 e. The summed E-state index contributed by atoms with van der Waals surface area (Å²) in [6, 6.07) is 0. The molecule has 0 bridgehead atoms. The molecule has 1 amide bonds. The van der Waals surface area contributed by atoms with Crippen molar-refractivity contribution in [2.45, 2.75) is 219 Å². The van der Waals surface area contributed by atoms with Crippen molar-refractivity contribution in [1.29, 1.82) is 0 Å². The molecule has 0 radical (unpaired) electrons. The highest BCUT2D eigenvalue weighted by molar-refractivity contribution is 8.13. The molecule has 0 fully saturated rings. The number of thioether (sulfide) groups is 1. The minimum absolute atomic E-state index is 0.0118. The predicted octanol–water partition coefficient (Wildman–Crippen LogP) is 13.5. The maximum absolute atomic E-state index is 13.1. The molecule has 0 aliphatic heterocycles. The second-order valence-corrected chi connectivity index (χ2v) is 16.9. The maximum Gasteiger partial charge on any atom is 0.306 e. The molecular formula is C46H88N2O5S. The lowest BCUT2D eigenvalue weighted by molar-refractivity contribution is -0.150. The minimum Gasteiger partial charge on any atom is -0.462 e. The molecule has 0 N–H and O–H groups in total. The highest BCUT2D eigenvalue weighted by atomic mass is 32.2. The van der Waals surface area contributed by atoms with Crippen molar-refractivity contribution in [2.24, 2.45) is 0 Å². The van der Waals surface area contributed by atoms with Gasteiger partial charge >= 0.3 is 11.9 Å². The lowest BCUT2D eigenvalue weighted by atomic mass is 10.0. The first-order valence-corrected chi connectivity index (χ1v) is 23.9. The number of hydrogen-bond acceptors (Lipinski definition) is 7. The number of unbranched alkanes of at least 4 members (excludes halogenated alkanes) is 21. The standard InChI is InChI=1S/C46H88N2O5S/c1-6-9-12-15-17-26-33-41-52-44(49)36-29-22-18-24-31-38-48(46(51)54-42-40-47(4)5)39-32-25-19-23-30-37-45(50)53-43(34-27-20-14-11-8-3)35-28-21-16-13-10-7-2/h26,33,43H,6-25,27-32,34-42H2,1-5H3/b33-26-. The van der Waals surface area contributed by atoms with Crippen molar-refractivity contribution >= 4 is 28.9 Å². The fraction of sp³-hybridized carbons (Fsp3) is 0.891. The Bertz CT molecular complexity index is 883. The van der Waals surface area contributed by atoms with E-state index in [1.165, 1.54) is 102 Å². The quantitative estimate of drug-likeness (QED) is 0.0348. The maximum atomic E-state index is 13.1. The van der Waals surface area contributed by atoms with Crippen LogP contribution in [0.25, 0.3) is 0 Å². The van der Waals surface area contributed by atoms with Crippen LogP contribution in [0.5, 0.6) is 0 Å². The number of carbonyl (C=O) groups excluding carboxylic acids is 3. The molecule has 0 aliphatic carbocycles. The van der Waals surface area contributed by atoms with Crippen LogP contribution in [-0.2, 0) is 19.1 Å². The Hall–Kier alpha value is -1.54. The summed E-state index contributed by atoms with van der Waals surface area (Å²) in [7, 11) is 4.08. The average Bonchev–Trinajstić information content (AvgIpc) is 3.15. The third-order valence-electron chi connectivity index (χ3n) is 10.2. The van der Waals surface area contributed by atoms with Gasteiger partial charge in [0.15, 0.2) is 0 Å². The van der Waals surface area contributed by atoms with E-state index in [4.69, 9.17) is 9.47 Å². The fourth-order valence-corrected chi connectivity index (χ4v) is 7.63. The Kier molecular flexibility index (Phi) is 39.9. The van der Waals surface area contributed by atoms with E-state index >= 15 is 0 Å². The zero-order chi connectivity index (χ0) is 39.7. The first-order chi connectivity index (χ1) is 26.3. The first-order valence-electron chi connectivity index (χ1n) is 22.9. The molecule has 1 atom stereocenters. The van der Waals surface area contributed by atoms with Crippen LogP contribution in [0.15, 0.2) is 12.2 Å². The zero-order valence-electron chi connectivity index (χ0n) is 36.3. The van der Waals surface area contributed by atoms with Crippen molar-refractivity contribution in [3.8, 4) is 0 Å². The summed E-state index contributed by atoms with van der Waals surface area (Å²) in [6.45, 7) is 9.60. The zero-order valence-corrected chi connectivity index (χ0v) is 37.1. The third-order valence-corrected chi connectivity index (χ3v) is 11.1. The number of ether oxygens (including phenoxy) is 2. The van der Waals surface area contributed by atoms with Crippen LogP contribution in [0.3, 0.4) is 0 Å². The summed E-state index contributed by atoms with van der Waals surface area (Å²) in [5, 5.41) is 0.193. The van der Waals surface area contributed by atoms with Crippen LogP contribution in [0, 0.1) is 0 Å². The van der Waals surface area contributed by atoms with Gasteiger partial charge in [-0.05, 0) is 78.3 Å². The summed E-state index contributed by atoms with van der Waals surface area (Å²) in [6.07, 6.45) is 37.3. The number of amides is 1. The van der Waals surface area contributed by atoms with E-state index in [2.05, 4.69) is 36.6 Å². The molecule has 0 heterocycles. The molecule has 318 valence electrons. The summed E-state index contributed by atoms with van der Waals surface area (Å²) < 4.78 is 11.4. The highest BCUT2D eigenvalue weighted by Gasteiger charge is 2.16. The number of carbonyl (C=O) groups is 3. The fourth-order valence-electron chi connectivity index (χ4n) is 6.63. The predicted molar refractivity (Wildman–Crippen MR) is 233 cm³/mol. The van der Waals surface area contributed by atoms with Crippen molar-refractivity contribution in [3.05, 3.63) is 12.2 Å². The van der Waals surface area contributed by atoms with Gasteiger partial charge in [0.25, 0.3) is 5.24 Å². The van der Waals surface area contributed by atoms with Crippen LogP contribution in [-0.4, -0.2) is 79.2 Å². The number of nitrogens with zero attached hydrogens (tertiary/aromatic N) is 2. The van der Waals surface area contributed by atoms with Gasteiger partial charge in [-0.15, -0.1) is 0 Å². The van der Waals surface area contributed by atoms with Crippen LogP contribution in [0.2, 0.25) is 0 Å². The van der Waals surface area contributed by atoms with E-state index in [-0.39, 0.29) is 23.3 Å². The van der Waals surface area contributed by atoms with E-state index in [1.807, 2.05) is 20.2 Å². The molecule has 0 saturated heterocycles.